The van der Waals surface area contributed by atoms with Crippen molar-refractivity contribution in [1.82, 2.24) is 9.80 Å². The fraction of sp³-hybridized carbons (Fsp3) is 0.833. The van der Waals surface area contributed by atoms with Crippen LogP contribution < -0.4 is 5.73 Å². The van der Waals surface area contributed by atoms with Gasteiger partial charge in [-0.25, -0.2) is 0 Å². The summed E-state index contributed by atoms with van der Waals surface area (Å²) < 4.78 is 0. The Morgan fingerprint density at radius 2 is 2.06 bits per heavy atom. The third-order valence-electron chi connectivity index (χ3n) is 3.60. The predicted octanol–water partition coefficient (Wildman–Crippen LogP) is 0.0505. The maximum absolute atomic E-state index is 12.3. The average Bonchev–Trinajstić information content (AvgIpc) is 2.27. The van der Waals surface area contributed by atoms with Crippen LogP contribution in [0.15, 0.2) is 0 Å². The number of carbonyl (C=O) groups is 2. The van der Waals surface area contributed by atoms with Crippen molar-refractivity contribution in [2.45, 2.75) is 32.7 Å². The van der Waals surface area contributed by atoms with E-state index in [1.165, 1.54) is 0 Å². The van der Waals surface area contributed by atoms with Crippen molar-refractivity contribution in [2.24, 2.45) is 11.7 Å². The van der Waals surface area contributed by atoms with Gasteiger partial charge < -0.3 is 15.5 Å². The first-order valence-electron chi connectivity index (χ1n) is 6.13. The summed E-state index contributed by atoms with van der Waals surface area (Å²) in [5.74, 6) is -0.184. The molecule has 1 rings (SSSR count). The molecule has 0 aromatic rings. The van der Waals surface area contributed by atoms with Crippen LogP contribution in [0.1, 0.15) is 27.2 Å². The predicted molar refractivity (Wildman–Crippen MR) is 66.3 cm³/mol. The second-order valence-electron chi connectivity index (χ2n) is 5.12. The quantitative estimate of drug-likeness (QED) is 0.759. The molecule has 5 heteroatoms. The molecule has 1 atom stereocenters. The van der Waals surface area contributed by atoms with E-state index in [2.05, 4.69) is 0 Å². The second kappa shape index (κ2) is 5.04. The lowest BCUT2D eigenvalue weighted by Gasteiger charge is -2.45. The smallest absolute Gasteiger partial charge is 0.247 e. The molecule has 1 fully saturated rings. The molecular weight excluding hydrogens is 218 g/mol. The summed E-state index contributed by atoms with van der Waals surface area (Å²) in [5, 5.41) is 0. The summed E-state index contributed by atoms with van der Waals surface area (Å²) in [6.45, 7) is 7.06. The molecule has 1 aliphatic heterocycles. The summed E-state index contributed by atoms with van der Waals surface area (Å²) >= 11 is 0. The molecule has 17 heavy (non-hydrogen) atoms. The monoisotopic (exact) mass is 241 g/mol. The van der Waals surface area contributed by atoms with Gasteiger partial charge in [-0.15, -0.1) is 0 Å². The van der Waals surface area contributed by atoms with Gasteiger partial charge in [0, 0.05) is 26.7 Å². The van der Waals surface area contributed by atoms with Crippen molar-refractivity contribution in [3.63, 3.8) is 0 Å². The Bertz CT molecular complexity index is 311. The fourth-order valence-corrected chi connectivity index (χ4v) is 2.26. The van der Waals surface area contributed by atoms with Crippen LogP contribution in [0.25, 0.3) is 0 Å². The first-order valence-corrected chi connectivity index (χ1v) is 6.13. The van der Waals surface area contributed by atoms with Crippen LogP contribution in [0.4, 0.5) is 0 Å². The van der Waals surface area contributed by atoms with Gasteiger partial charge in [-0.1, -0.05) is 6.92 Å². The Morgan fingerprint density at radius 3 is 2.53 bits per heavy atom. The Labute approximate surface area is 103 Å². The molecule has 0 radical (unpaired) electrons. The van der Waals surface area contributed by atoms with Crippen LogP contribution in [-0.4, -0.2) is 53.8 Å². The van der Waals surface area contributed by atoms with E-state index in [1.807, 2.05) is 6.92 Å². The fourth-order valence-electron chi connectivity index (χ4n) is 2.26. The van der Waals surface area contributed by atoms with Gasteiger partial charge in [0.05, 0.1) is 5.92 Å². The molecule has 0 spiro atoms. The molecule has 0 aliphatic carbocycles. The summed E-state index contributed by atoms with van der Waals surface area (Å²) in [5.41, 5.74) is 4.84. The number of hydrogen-bond donors (Lipinski definition) is 1. The lowest BCUT2D eigenvalue weighted by molar-refractivity contribution is -0.159. The van der Waals surface area contributed by atoms with Crippen molar-refractivity contribution in [3.05, 3.63) is 0 Å². The van der Waals surface area contributed by atoms with Gasteiger partial charge in [-0.05, 0) is 20.3 Å². The number of rotatable bonds is 3. The highest BCUT2D eigenvalue weighted by atomic mass is 16.2. The van der Waals surface area contributed by atoms with E-state index in [9.17, 15) is 9.59 Å². The van der Waals surface area contributed by atoms with Gasteiger partial charge in [-0.2, -0.15) is 0 Å². The molecule has 5 nitrogen and oxygen atoms in total. The third kappa shape index (κ3) is 2.44. The molecule has 2 amide bonds. The molecular formula is C12H23N3O2. The van der Waals surface area contributed by atoms with Crippen molar-refractivity contribution < 1.29 is 9.59 Å². The van der Waals surface area contributed by atoms with Crippen molar-refractivity contribution in [3.8, 4) is 0 Å². The molecule has 98 valence electrons. The van der Waals surface area contributed by atoms with E-state index in [-0.39, 0.29) is 17.7 Å². The first-order chi connectivity index (χ1) is 7.86. The van der Waals surface area contributed by atoms with Crippen LogP contribution in [0.2, 0.25) is 0 Å². The molecule has 1 heterocycles. The lowest BCUT2D eigenvalue weighted by Crippen LogP contribution is -2.64. The molecule has 1 aliphatic rings. The molecule has 1 unspecified atom stereocenters. The summed E-state index contributed by atoms with van der Waals surface area (Å²) in [6.07, 6.45) is 0.714. The highest BCUT2D eigenvalue weighted by Crippen LogP contribution is 2.24. The highest BCUT2D eigenvalue weighted by molar-refractivity contribution is 5.92. The van der Waals surface area contributed by atoms with Crippen molar-refractivity contribution in [1.29, 1.82) is 0 Å². The number of carbonyl (C=O) groups excluding carboxylic acids is 2. The number of nitrogens with two attached hydrogens (primary N) is 1. The molecule has 0 saturated carbocycles. The Kier molecular flexibility index (Phi) is 4.14. The zero-order valence-corrected chi connectivity index (χ0v) is 11.2. The second-order valence-corrected chi connectivity index (χ2v) is 5.12. The first kappa shape index (κ1) is 14.0. The average molecular weight is 241 g/mol. The Morgan fingerprint density at radius 1 is 1.47 bits per heavy atom. The number of likely N-dealkylation sites (N-methyl/N-ethyl adjacent to an activating group) is 1. The minimum atomic E-state index is -0.757. The number of amides is 2. The van der Waals surface area contributed by atoms with E-state index in [4.69, 9.17) is 5.73 Å². The van der Waals surface area contributed by atoms with Crippen molar-refractivity contribution in [2.75, 3.05) is 26.7 Å². The topological polar surface area (TPSA) is 66.6 Å². The van der Waals surface area contributed by atoms with Gasteiger partial charge in [0.1, 0.15) is 5.54 Å². The Hall–Kier alpha value is -1.10. The molecule has 0 bridgehead atoms. The number of nitrogens with zero attached hydrogens (tertiary/aromatic N) is 2. The van der Waals surface area contributed by atoms with Crippen LogP contribution in [0, 0.1) is 5.92 Å². The normalized spacial score (nSPS) is 21.6. The van der Waals surface area contributed by atoms with Crippen LogP contribution in [0.3, 0.4) is 0 Å². The molecule has 0 aromatic carbocycles. The summed E-state index contributed by atoms with van der Waals surface area (Å²) in [6, 6.07) is 0. The van der Waals surface area contributed by atoms with Gasteiger partial charge in [-0.3, -0.25) is 9.59 Å². The standard InChI is InChI=1S/C12H23N3O2/c1-5-9(8-13)10(16)15-7-6-14(4)11(17)12(15,2)3/h9H,5-8,13H2,1-4H3. The minimum Gasteiger partial charge on any atom is -0.342 e. The van der Waals surface area contributed by atoms with E-state index in [0.29, 0.717) is 26.1 Å². The van der Waals surface area contributed by atoms with Gasteiger partial charge in [0.2, 0.25) is 11.8 Å². The van der Waals surface area contributed by atoms with Gasteiger partial charge in [0.25, 0.3) is 0 Å². The maximum Gasteiger partial charge on any atom is 0.247 e. The van der Waals surface area contributed by atoms with Crippen LogP contribution in [-0.2, 0) is 9.59 Å². The molecule has 0 aromatic heterocycles. The van der Waals surface area contributed by atoms with E-state index in [0.717, 1.165) is 0 Å². The van der Waals surface area contributed by atoms with E-state index < -0.39 is 5.54 Å². The molecule has 2 N–H and O–H groups in total. The number of hydrogen-bond acceptors (Lipinski definition) is 3. The number of piperazine rings is 1. The SMILES string of the molecule is CCC(CN)C(=O)N1CCN(C)C(=O)C1(C)C. The zero-order chi connectivity index (χ0) is 13.2. The van der Waals surface area contributed by atoms with Gasteiger partial charge >= 0.3 is 0 Å². The highest BCUT2D eigenvalue weighted by Gasteiger charge is 2.43. The third-order valence-corrected chi connectivity index (χ3v) is 3.60. The van der Waals surface area contributed by atoms with E-state index in [1.54, 1.807) is 30.7 Å². The molecule has 1 saturated heterocycles. The largest absolute Gasteiger partial charge is 0.342 e. The van der Waals surface area contributed by atoms with Gasteiger partial charge in [0.15, 0.2) is 0 Å². The maximum atomic E-state index is 12.3. The van der Waals surface area contributed by atoms with Crippen LogP contribution >= 0.6 is 0 Å². The lowest BCUT2D eigenvalue weighted by atomic mass is 9.94. The van der Waals surface area contributed by atoms with Crippen LogP contribution in [0.5, 0.6) is 0 Å². The Balaban J connectivity index is 2.91. The van der Waals surface area contributed by atoms with E-state index >= 15 is 0 Å². The minimum absolute atomic E-state index is 0.00134. The summed E-state index contributed by atoms with van der Waals surface area (Å²) in [7, 11) is 1.77. The zero-order valence-electron chi connectivity index (χ0n) is 11.2. The van der Waals surface area contributed by atoms with Crippen molar-refractivity contribution >= 4 is 11.8 Å². The summed E-state index contributed by atoms with van der Waals surface area (Å²) in [4.78, 5) is 27.7.